The van der Waals surface area contributed by atoms with Crippen molar-refractivity contribution in [2.24, 2.45) is 0 Å². The Kier molecular flexibility index (Phi) is 6.49. The average molecular weight is 525 g/mol. The number of allylic oxidation sites excluding steroid dienone is 1. The smallest absolute Gasteiger partial charge is 0.229 e. The van der Waals surface area contributed by atoms with Gasteiger partial charge in [-0.1, -0.05) is 11.6 Å². The summed E-state index contributed by atoms with van der Waals surface area (Å²) < 4.78 is 27.0. The Morgan fingerprint density at radius 1 is 1.42 bits per heavy atom. The molecule has 138 valence electrons. The van der Waals surface area contributed by atoms with Crippen molar-refractivity contribution < 1.29 is 13.2 Å². The highest BCUT2D eigenvalue weighted by Gasteiger charge is 2.21. The quantitative estimate of drug-likeness (QED) is 0.268. The lowest BCUT2D eigenvalue weighted by Gasteiger charge is -2.09. The van der Waals surface area contributed by atoms with E-state index in [1.54, 1.807) is 41.2 Å². The van der Waals surface area contributed by atoms with E-state index in [-0.39, 0.29) is 16.3 Å². The molecule has 0 radical (unpaired) electrons. The van der Waals surface area contributed by atoms with Gasteiger partial charge in [-0.3, -0.25) is 13.5 Å². The topological polar surface area (TPSA) is 95.2 Å². The van der Waals surface area contributed by atoms with E-state index in [1.807, 2.05) is 27.3 Å². The molecule has 0 fully saturated rings. The summed E-state index contributed by atoms with van der Waals surface area (Å²) in [4.78, 5) is 14.4. The van der Waals surface area contributed by atoms with Crippen molar-refractivity contribution in [2.45, 2.75) is 0 Å². The van der Waals surface area contributed by atoms with Crippen molar-refractivity contribution in [1.82, 2.24) is 8.87 Å². The highest BCUT2D eigenvalue weighted by atomic mass is 127. The molecule has 0 atom stereocenters. The molecule has 1 N–H and O–H groups in total. The number of nitrogens with one attached hydrogen (secondary N) is 1. The zero-order valence-electron chi connectivity index (χ0n) is 13.9. The monoisotopic (exact) mass is 524 g/mol. The largest absolute Gasteiger partial charge is 0.382 e. The van der Waals surface area contributed by atoms with E-state index < -0.39 is 15.8 Å². The van der Waals surface area contributed by atoms with Crippen LogP contribution in [0.2, 0.25) is 5.02 Å². The molecule has 0 saturated heterocycles. The minimum Gasteiger partial charge on any atom is -0.382 e. The van der Waals surface area contributed by atoms with Gasteiger partial charge in [0.2, 0.25) is 15.8 Å². The predicted molar refractivity (Wildman–Crippen MR) is 114 cm³/mol. The maximum absolute atomic E-state index is 12.8. The van der Waals surface area contributed by atoms with E-state index in [2.05, 4.69) is 4.72 Å². The third-order valence-electron chi connectivity index (χ3n) is 3.20. The van der Waals surface area contributed by atoms with Gasteiger partial charge < -0.3 is 4.90 Å². The lowest BCUT2D eigenvalue weighted by Crippen LogP contribution is -2.11. The van der Waals surface area contributed by atoms with Gasteiger partial charge in [0, 0.05) is 56.0 Å². The molecule has 0 bridgehead atoms. The summed E-state index contributed by atoms with van der Waals surface area (Å²) in [5, 5.41) is 10.1. The van der Waals surface area contributed by atoms with Crippen molar-refractivity contribution in [2.75, 3.05) is 25.1 Å². The fourth-order valence-electron chi connectivity index (χ4n) is 2.25. The van der Waals surface area contributed by atoms with Crippen molar-refractivity contribution in [3.63, 3.8) is 0 Å². The van der Waals surface area contributed by atoms with Gasteiger partial charge in [0.05, 0.1) is 22.5 Å². The number of halogens is 2. The van der Waals surface area contributed by atoms with Crippen LogP contribution in [0.25, 0.3) is 10.9 Å². The second-order valence-electron chi connectivity index (χ2n) is 5.61. The van der Waals surface area contributed by atoms with Crippen LogP contribution >= 0.6 is 41.9 Å². The van der Waals surface area contributed by atoms with Crippen LogP contribution in [-0.2, 0) is 10.0 Å². The number of anilines is 1. The summed E-state index contributed by atoms with van der Waals surface area (Å²) in [6.45, 7) is 0. The van der Waals surface area contributed by atoms with Gasteiger partial charge in [-0.2, -0.15) is 5.26 Å². The normalized spacial score (nSPS) is 12.1. The third-order valence-corrected chi connectivity index (χ3v) is 5.81. The van der Waals surface area contributed by atoms with E-state index in [9.17, 15) is 18.5 Å². The first-order valence-electron chi connectivity index (χ1n) is 7.02. The maximum atomic E-state index is 12.8. The number of Topliss-reactive ketones (excluding diaryl/α,β-unsaturated/α-hetero) is 1. The first-order chi connectivity index (χ1) is 12.1. The van der Waals surface area contributed by atoms with Crippen LogP contribution in [0.4, 0.5) is 5.69 Å². The van der Waals surface area contributed by atoms with E-state index in [0.29, 0.717) is 16.6 Å². The molecule has 1 aromatic carbocycles. The number of nitrogens with zero attached hydrogens (tertiary/aromatic N) is 3. The number of carbonyl (C=O) groups is 1. The summed E-state index contributed by atoms with van der Waals surface area (Å²) in [5.41, 5.74) is 1.10. The molecule has 0 aliphatic carbocycles. The standard InChI is InChI=1S/C15H14ClIN4O3S2/c1-20(2)8-10(7-18)15(22)14-5-9-4-11(16)12(19-26(3,23)24)6-13(9)21(14)25-17/h4-6,8,19H,1-3H3/b10-8+. The molecule has 26 heavy (non-hydrogen) atoms. The molecule has 11 heteroatoms. The Morgan fingerprint density at radius 2 is 2.08 bits per heavy atom. The zero-order valence-corrected chi connectivity index (χ0v) is 18.5. The van der Waals surface area contributed by atoms with Gasteiger partial charge in [0.1, 0.15) is 17.3 Å². The van der Waals surface area contributed by atoms with Crippen LogP contribution in [0.5, 0.6) is 0 Å². The number of aromatic nitrogens is 1. The minimum absolute atomic E-state index is 0.00918. The van der Waals surface area contributed by atoms with Crippen LogP contribution in [0.15, 0.2) is 30.0 Å². The highest BCUT2D eigenvalue weighted by Crippen LogP contribution is 2.35. The molecule has 0 spiro atoms. The SMILES string of the molecule is CN(C)/C=C(\C#N)C(=O)c1cc2cc(Cl)c(NS(C)(=O)=O)cc2n1SI. The summed E-state index contributed by atoms with van der Waals surface area (Å²) in [5.74, 6) is -0.435. The summed E-state index contributed by atoms with van der Waals surface area (Å²) in [6, 6.07) is 6.67. The molecule has 0 aliphatic heterocycles. The van der Waals surface area contributed by atoms with Crippen LogP contribution in [0.3, 0.4) is 0 Å². The van der Waals surface area contributed by atoms with E-state index in [0.717, 1.165) is 6.26 Å². The Hall–Kier alpha value is -1.42. The molecule has 1 heterocycles. The maximum Gasteiger partial charge on any atom is 0.229 e. The van der Waals surface area contributed by atoms with Crippen molar-refractivity contribution in [3.8, 4) is 6.07 Å². The van der Waals surface area contributed by atoms with E-state index >= 15 is 0 Å². The molecule has 0 amide bonds. The van der Waals surface area contributed by atoms with E-state index in [4.69, 9.17) is 11.6 Å². The fourth-order valence-corrected chi connectivity index (χ4v) is 4.81. The lowest BCUT2D eigenvalue weighted by atomic mass is 10.1. The molecule has 0 aliphatic rings. The van der Waals surface area contributed by atoms with Crippen LogP contribution in [-0.4, -0.2) is 43.4 Å². The van der Waals surface area contributed by atoms with Gasteiger partial charge in [-0.25, -0.2) is 8.42 Å². The van der Waals surface area contributed by atoms with Crippen LogP contribution in [0, 0.1) is 11.3 Å². The molecule has 0 unspecified atom stereocenters. The zero-order chi connectivity index (χ0) is 19.6. The van der Waals surface area contributed by atoms with Gasteiger partial charge in [-0.05, 0) is 18.2 Å². The Labute approximate surface area is 172 Å². The number of nitriles is 1. The number of carbonyl (C=O) groups excluding carboxylic acids is 1. The number of ketones is 1. The highest BCUT2D eigenvalue weighted by molar-refractivity contribution is 14.2. The van der Waals surface area contributed by atoms with E-state index in [1.165, 1.54) is 15.3 Å². The number of fused-ring (bicyclic) bond motifs is 1. The number of rotatable bonds is 6. The van der Waals surface area contributed by atoms with Crippen molar-refractivity contribution in [3.05, 3.63) is 40.7 Å². The number of sulfonamides is 1. The third kappa shape index (κ3) is 4.64. The molecule has 1 aromatic heterocycles. The number of benzene rings is 1. The van der Waals surface area contributed by atoms with Crippen molar-refractivity contribution in [1.29, 1.82) is 5.26 Å². The Bertz CT molecular complexity index is 1060. The average Bonchev–Trinajstić information content (AvgIpc) is 2.88. The molecule has 2 aromatic rings. The van der Waals surface area contributed by atoms with Crippen LogP contribution in [0.1, 0.15) is 10.5 Å². The summed E-state index contributed by atoms with van der Waals surface area (Å²) in [6.07, 6.45) is 2.48. The second-order valence-corrected chi connectivity index (χ2v) is 9.45. The molecule has 0 saturated carbocycles. The molecule has 2 rings (SSSR count). The predicted octanol–water partition coefficient (Wildman–Crippen LogP) is 3.66. The first kappa shape index (κ1) is 20.9. The van der Waals surface area contributed by atoms with Gasteiger partial charge in [0.25, 0.3) is 0 Å². The summed E-state index contributed by atoms with van der Waals surface area (Å²) in [7, 11) is 1.17. The van der Waals surface area contributed by atoms with Gasteiger partial charge in [0.15, 0.2) is 0 Å². The fraction of sp³-hybridized carbons (Fsp3) is 0.200. The molecule has 7 nitrogen and oxygen atoms in total. The molecular weight excluding hydrogens is 511 g/mol. The Balaban J connectivity index is 2.67. The summed E-state index contributed by atoms with van der Waals surface area (Å²) >= 11 is 8.16. The minimum atomic E-state index is -3.51. The van der Waals surface area contributed by atoms with Crippen LogP contribution < -0.4 is 4.72 Å². The Morgan fingerprint density at radius 3 is 2.58 bits per heavy atom. The number of hydrogen-bond acceptors (Lipinski definition) is 6. The molecular formula is C15H14ClIN4O3S2. The number of hydrogen-bond donors (Lipinski definition) is 1. The van der Waals surface area contributed by atoms with Gasteiger partial charge >= 0.3 is 0 Å². The van der Waals surface area contributed by atoms with Gasteiger partial charge in [-0.15, -0.1) is 0 Å². The second kappa shape index (κ2) is 8.08. The lowest BCUT2D eigenvalue weighted by molar-refractivity contribution is 0.103. The first-order valence-corrected chi connectivity index (χ1v) is 12.6. The van der Waals surface area contributed by atoms with Crippen molar-refractivity contribution >= 4 is 74.3 Å².